The summed E-state index contributed by atoms with van der Waals surface area (Å²) in [5.41, 5.74) is 6.12. The van der Waals surface area contributed by atoms with Crippen molar-refractivity contribution in [3.8, 4) is 6.07 Å². The van der Waals surface area contributed by atoms with Crippen LogP contribution in [-0.4, -0.2) is 0 Å². The van der Waals surface area contributed by atoms with Gasteiger partial charge in [0.05, 0.1) is 0 Å². The Morgan fingerprint density at radius 3 is 2.58 bits per heavy atom. The third kappa shape index (κ3) is 2.84. The van der Waals surface area contributed by atoms with E-state index in [9.17, 15) is 0 Å². The Labute approximate surface area is 92.7 Å². The van der Waals surface area contributed by atoms with E-state index in [1.165, 1.54) is 20.3 Å². The van der Waals surface area contributed by atoms with Crippen molar-refractivity contribution in [1.82, 2.24) is 0 Å². The first-order chi connectivity index (χ1) is 5.79. The van der Waals surface area contributed by atoms with Gasteiger partial charge in [0.2, 0.25) is 0 Å². The molecular formula is C7H9IN2S2. The number of hydrogen-bond acceptors (Lipinski definition) is 4. The van der Waals surface area contributed by atoms with Crippen LogP contribution in [0.5, 0.6) is 0 Å². The standard InChI is InChI=1S/C5H3IN2S2.C2H6/c6-10-4-2-9-5(8)3(4)1-7;1-2/h2H,8H2;1-2H3. The highest BCUT2D eigenvalue weighted by atomic mass is 127. The van der Waals surface area contributed by atoms with E-state index in [0.717, 1.165) is 4.90 Å². The number of anilines is 1. The summed E-state index contributed by atoms with van der Waals surface area (Å²) in [6.07, 6.45) is 0. The molecule has 1 aromatic rings. The molecule has 1 aromatic heterocycles. The van der Waals surface area contributed by atoms with Crippen molar-refractivity contribution >= 4 is 46.5 Å². The Morgan fingerprint density at radius 1 is 1.67 bits per heavy atom. The molecule has 0 spiro atoms. The predicted octanol–water partition coefficient (Wildman–Crippen LogP) is 3.67. The highest BCUT2D eigenvalue weighted by Gasteiger charge is 2.06. The number of nitrogens with two attached hydrogens (primary N) is 1. The molecule has 0 radical (unpaired) electrons. The molecule has 0 fully saturated rings. The average molecular weight is 312 g/mol. The fourth-order valence-corrected chi connectivity index (χ4v) is 3.33. The van der Waals surface area contributed by atoms with Crippen LogP contribution < -0.4 is 5.73 Å². The molecule has 0 aliphatic heterocycles. The van der Waals surface area contributed by atoms with Crippen molar-refractivity contribution < 1.29 is 0 Å². The quantitative estimate of drug-likeness (QED) is 0.805. The first-order valence-electron chi connectivity index (χ1n) is 3.35. The Bertz CT molecular complexity index is 277. The minimum absolute atomic E-state index is 0.613. The number of thiophene rings is 1. The van der Waals surface area contributed by atoms with Crippen LogP contribution in [0.2, 0.25) is 0 Å². The van der Waals surface area contributed by atoms with Crippen LogP contribution in [0.1, 0.15) is 19.4 Å². The van der Waals surface area contributed by atoms with Crippen molar-refractivity contribution in [1.29, 1.82) is 5.26 Å². The van der Waals surface area contributed by atoms with E-state index in [4.69, 9.17) is 11.0 Å². The van der Waals surface area contributed by atoms with Crippen LogP contribution in [0.25, 0.3) is 0 Å². The summed E-state index contributed by atoms with van der Waals surface area (Å²) in [6.45, 7) is 4.00. The number of rotatable bonds is 1. The van der Waals surface area contributed by atoms with Gasteiger partial charge in [-0.3, -0.25) is 0 Å². The van der Waals surface area contributed by atoms with E-state index in [0.29, 0.717) is 10.6 Å². The van der Waals surface area contributed by atoms with Crippen molar-refractivity contribution in [3.63, 3.8) is 0 Å². The molecule has 0 saturated carbocycles. The largest absolute Gasteiger partial charge is 0.389 e. The summed E-state index contributed by atoms with van der Waals surface area (Å²) in [5, 5.41) is 11.1. The summed E-state index contributed by atoms with van der Waals surface area (Å²) in [4.78, 5) is 0.964. The number of nitriles is 1. The molecule has 1 rings (SSSR count). The van der Waals surface area contributed by atoms with Gasteiger partial charge < -0.3 is 5.73 Å². The molecule has 2 nitrogen and oxygen atoms in total. The molecule has 0 saturated heterocycles. The average Bonchev–Trinajstić information content (AvgIpc) is 2.49. The van der Waals surface area contributed by atoms with Crippen LogP contribution in [0.3, 0.4) is 0 Å². The van der Waals surface area contributed by atoms with Crippen molar-refractivity contribution in [3.05, 3.63) is 10.9 Å². The zero-order chi connectivity index (χ0) is 9.56. The molecule has 12 heavy (non-hydrogen) atoms. The van der Waals surface area contributed by atoms with E-state index >= 15 is 0 Å². The van der Waals surface area contributed by atoms with Crippen molar-refractivity contribution in [2.75, 3.05) is 5.73 Å². The topological polar surface area (TPSA) is 49.8 Å². The maximum atomic E-state index is 8.58. The third-order valence-electron chi connectivity index (χ3n) is 0.981. The Balaban J connectivity index is 0.000000561. The smallest absolute Gasteiger partial charge is 0.105 e. The lowest BCUT2D eigenvalue weighted by Gasteiger charge is -1.86. The minimum Gasteiger partial charge on any atom is -0.389 e. The van der Waals surface area contributed by atoms with Gasteiger partial charge in [0.15, 0.2) is 0 Å². The molecule has 0 aliphatic rings. The van der Waals surface area contributed by atoms with E-state index < -0.39 is 0 Å². The van der Waals surface area contributed by atoms with Gasteiger partial charge in [0.25, 0.3) is 0 Å². The van der Waals surface area contributed by atoms with Crippen LogP contribution >= 0.6 is 41.5 Å². The lowest BCUT2D eigenvalue weighted by Crippen LogP contribution is -1.82. The summed E-state index contributed by atoms with van der Waals surface area (Å²) < 4.78 is 0. The molecule has 0 atom stereocenters. The molecular weight excluding hydrogens is 303 g/mol. The van der Waals surface area contributed by atoms with Gasteiger partial charge in [0.1, 0.15) is 16.6 Å². The van der Waals surface area contributed by atoms with E-state index in [1.54, 1.807) is 0 Å². The molecule has 5 heteroatoms. The molecule has 1 heterocycles. The predicted molar refractivity (Wildman–Crippen MR) is 64.7 cm³/mol. The Kier molecular flexibility index (Phi) is 6.61. The first kappa shape index (κ1) is 12.1. The molecule has 0 bridgehead atoms. The van der Waals surface area contributed by atoms with Gasteiger partial charge in [-0.15, -0.1) is 11.3 Å². The highest BCUT2D eigenvalue weighted by molar-refractivity contribution is 14.2. The SMILES string of the molecule is CC.N#Cc1c(SI)csc1N. The highest BCUT2D eigenvalue weighted by Crippen LogP contribution is 2.35. The molecule has 2 N–H and O–H groups in total. The summed E-state index contributed by atoms with van der Waals surface area (Å²) in [7, 11) is 1.52. The third-order valence-corrected chi connectivity index (χ3v) is 3.85. The number of halogens is 1. The molecule has 0 aliphatic carbocycles. The van der Waals surface area contributed by atoms with Crippen LogP contribution in [-0.2, 0) is 0 Å². The van der Waals surface area contributed by atoms with E-state index in [1.807, 2.05) is 19.2 Å². The molecule has 0 aromatic carbocycles. The van der Waals surface area contributed by atoms with Gasteiger partial charge in [-0.2, -0.15) is 5.26 Å². The summed E-state index contributed by atoms with van der Waals surface area (Å²) in [5.74, 6) is 0. The van der Waals surface area contributed by atoms with Crippen LogP contribution in [0.4, 0.5) is 5.00 Å². The van der Waals surface area contributed by atoms with Gasteiger partial charge in [0, 0.05) is 31.5 Å². The zero-order valence-corrected chi connectivity index (χ0v) is 10.6. The zero-order valence-electron chi connectivity index (χ0n) is 6.80. The lowest BCUT2D eigenvalue weighted by atomic mass is 10.3. The molecule has 0 unspecified atom stereocenters. The van der Waals surface area contributed by atoms with Crippen molar-refractivity contribution in [2.24, 2.45) is 0 Å². The normalized spacial score (nSPS) is 8.17. The van der Waals surface area contributed by atoms with E-state index in [-0.39, 0.29) is 0 Å². The van der Waals surface area contributed by atoms with Crippen LogP contribution in [0.15, 0.2) is 10.3 Å². The fraction of sp³-hybridized carbons (Fsp3) is 0.286. The van der Waals surface area contributed by atoms with Gasteiger partial charge in [-0.05, 0) is 0 Å². The van der Waals surface area contributed by atoms with E-state index in [2.05, 4.69) is 27.3 Å². The monoisotopic (exact) mass is 312 g/mol. The molecule has 66 valence electrons. The Morgan fingerprint density at radius 2 is 2.25 bits per heavy atom. The second kappa shape index (κ2) is 6.57. The second-order valence-corrected chi connectivity index (χ2v) is 4.35. The molecule has 0 amide bonds. The maximum absolute atomic E-state index is 8.58. The number of hydrogen-bond donors (Lipinski definition) is 1. The van der Waals surface area contributed by atoms with Crippen LogP contribution in [0, 0.1) is 11.3 Å². The summed E-state index contributed by atoms with van der Waals surface area (Å²) in [6, 6.07) is 2.05. The minimum atomic E-state index is 0.613. The first-order valence-corrected chi connectivity index (χ1v) is 7.59. The fourth-order valence-electron chi connectivity index (χ4n) is 0.523. The Hall–Kier alpha value is 0.0700. The van der Waals surface area contributed by atoms with Gasteiger partial charge >= 0.3 is 0 Å². The summed E-state index contributed by atoms with van der Waals surface area (Å²) >= 11 is 3.54. The van der Waals surface area contributed by atoms with Gasteiger partial charge in [-0.25, -0.2) is 0 Å². The second-order valence-electron chi connectivity index (χ2n) is 1.53. The van der Waals surface area contributed by atoms with Gasteiger partial charge in [-0.1, -0.05) is 22.8 Å². The number of nitrogens with zero attached hydrogens (tertiary/aromatic N) is 1. The maximum Gasteiger partial charge on any atom is 0.105 e. The van der Waals surface area contributed by atoms with Crippen molar-refractivity contribution in [2.45, 2.75) is 18.7 Å². The lowest BCUT2D eigenvalue weighted by molar-refractivity contribution is 1.44. The number of nitrogen functional groups attached to an aromatic ring is 1.